The molecular formula is C15H17FN2O4. The van der Waals surface area contributed by atoms with Crippen LogP contribution in [0.15, 0.2) is 24.4 Å². The van der Waals surface area contributed by atoms with Gasteiger partial charge in [-0.05, 0) is 23.8 Å². The molecule has 0 saturated carbocycles. The number of fused-ring (bicyclic) bond motifs is 1. The first-order valence-corrected chi connectivity index (χ1v) is 6.78. The lowest BCUT2D eigenvalue weighted by molar-refractivity contribution is -0.142. The molecule has 1 aromatic heterocycles. The number of ether oxygens (including phenoxy) is 1. The molecular weight excluding hydrogens is 291 g/mol. The van der Waals surface area contributed by atoms with Gasteiger partial charge < -0.3 is 20.1 Å². The van der Waals surface area contributed by atoms with E-state index < -0.39 is 17.9 Å². The molecule has 0 spiro atoms. The van der Waals surface area contributed by atoms with Crippen molar-refractivity contribution in [3.05, 3.63) is 35.8 Å². The number of hydrogen-bond acceptors (Lipinski definition) is 3. The normalized spacial score (nSPS) is 12.3. The van der Waals surface area contributed by atoms with Gasteiger partial charge in [-0.3, -0.25) is 4.79 Å². The minimum Gasteiger partial charge on any atom is -0.480 e. The third-order valence-electron chi connectivity index (χ3n) is 3.32. The molecule has 1 unspecified atom stereocenters. The van der Waals surface area contributed by atoms with Gasteiger partial charge in [-0.25, -0.2) is 9.18 Å². The minimum atomic E-state index is -1.11. The molecule has 2 aromatic rings. The predicted octanol–water partition coefficient (Wildman–Crippen LogP) is 1.46. The number of halogens is 1. The number of aliphatic carboxylic acids is 1. The van der Waals surface area contributed by atoms with Crippen molar-refractivity contribution in [1.82, 2.24) is 10.3 Å². The Hall–Kier alpha value is -2.41. The van der Waals surface area contributed by atoms with Crippen LogP contribution < -0.4 is 5.32 Å². The lowest BCUT2D eigenvalue weighted by Gasteiger charge is -2.13. The van der Waals surface area contributed by atoms with Crippen LogP contribution in [0.1, 0.15) is 12.0 Å². The van der Waals surface area contributed by atoms with Gasteiger partial charge in [0.2, 0.25) is 5.91 Å². The summed E-state index contributed by atoms with van der Waals surface area (Å²) in [5.41, 5.74) is 1.28. The maximum Gasteiger partial charge on any atom is 0.326 e. The molecule has 0 bridgehead atoms. The van der Waals surface area contributed by atoms with Crippen molar-refractivity contribution in [2.45, 2.75) is 18.9 Å². The Labute approximate surface area is 126 Å². The Morgan fingerprint density at radius 2 is 2.23 bits per heavy atom. The van der Waals surface area contributed by atoms with E-state index in [2.05, 4.69) is 10.3 Å². The molecule has 1 aromatic carbocycles. The maximum atomic E-state index is 13.1. The Kier molecular flexibility index (Phi) is 5.11. The lowest BCUT2D eigenvalue weighted by atomic mass is 10.1. The first-order chi connectivity index (χ1) is 10.5. The standard InChI is InChI=1S/C15H17FN2O4/c1-22-5-4-12(15(20)21)18-14(19)6-9-8-17-13-7-10(16)2-3-11(9)13/h2-3,7-8,12,17H,4-6H2,1H3,(H,18,19)(H,20,21). The van der Waals surface area contributed by atoms with Crippen LogP contribution in [-0.4, -0.2) is 41.7 Å². The zero-order valence-electron chi connectivity index (χ0n) is 12.1. The monoisotopic (exact) mass is 308 g/mol. The number of aromatic nitrogens is 1. The van der Waals surface area contributed by atoms with Gasteiger partial charge in [0, 0.05) is 37.2 Å². The summed E-state index contributed by atoms with van der Waals surface area (Å²) >= 11 is 0. The molecule has 0 aliphatic carbocycles. The van der Waals surface area contributed by atoms with Gasteiger partial charge in [0.1, 0.15) is 11.9 Å². The van der Waals surface area contributed by atoms with Gasteiger partial charge in [0.05, 0.1) is 6.42 Å². The largest absolute Gasteiger partial charge is 0.480 e. The number of nitrogens with one attached hydrogen (secondary N) is 2. The molecule has 3 N–H and O–H groups in total. The van der Waals surface area contributed by atoms with Gasteiger partial charge in [0.15, 0.2) is 0 Å². The fraction of sp³-hybridized carbons (Fsp3) is 0.333. The number of carboxylic acids is 1. The van der Waals surface area contributed by atoms with Gasteiger partial charge >= 0.3 is 5.97 Å². The Balaban J connectivity index is 2.05. The number of hydrogen-bond donors (Lipinski definition) is 3. The van der Waals surface area contributed by atoms with Crippen LogP contribution in [0.25, 0.3) is 10.9 Å². The van der Waals surface area contributed by atoms with Crippen molar-refractivity contribution in [3.63, 3.8) is 0 Å². The molecule has 1 amide bonds. The molecule has 0 radical (unpaired) electrons. The van der Waals surface area contributed by atoms with Gasteiger partial charge in [-0.2, -0.15) is 0 Å². The molecule has 1 heterocycles. The third-order valence-corrected chi connectivity index (χ3v) is 3.32. The lowest BCUT2D eigenvalue weighted by Crippen LogP contribution is -2.42. The van der Waals surface area contributed by atoms with E-state index >= 15 is 0 Å². The predicted molar refractivity (Wildman–Crippen MR) is 78.0 cm³/mol. The molecule has 7 heteroatoms. The minimum absolute atomic E-state index is 0.0163. The number of carbonyl (C=O) groups excluding carboxylic acids is 1. The highest BCUT2D eigenvalue weighted by atomic mass is 19.1. The van der Waals surface area contributed by atoms with Crippen molar-refractivity contribution in [1.29, 1.82) is 0 Å². The van der Waals surface area contributed by atoms with Crippen molar-refractivity contribution >= 4 is 22.8 Å². The van der Waals surface area contributed by atoms with Gasteiger partial charge in [0.25, 0.3) is 0 Å². The Morgan fingerprint density at radius 3 is 2.91 bits per heavy atom. The van der Waals surface area contributed by atoms with Gasteiger partial charge in [-0.1, -0.05) is 0 Å². The summed E-state index contributed by atoms with van der Waals surface area (Å²) in [6, 6.07) is 3.25. The van der Waals surface area contributed by atoms with Crippen LogP contribution >= 0.6 is 0 Å². The maximum absolute atomic E-state index is 13.1. The van der Waals surface area contributed by atoms with Crippen LogP contribution in [0.5, 0.6) is 0 Å². The number of aromatic amines is 1. The Morgan fingerprint density at radius 1 is 1.45 bits per heavy atom. The molecule has 1 atom stereocenters. The van der Waals surface area contributed by atoms with Crippen LogP contribution in [0.4, 0.5) is 4.39 Å². The molecule has 0 aliphatic heterocycles. The summed E-state index contributed by atoms with van der Waals surface area (Å²) < 4.78 is 17.9. The zero-order valence-corrected chi connectivity index (χ0v) is 12.1. The van der Waals surface area contributed by atoms with Crippen molar-refractivity contribution in [2.24, 2.45) is 0 Å². The summed E-state index contributed by atoms with van der Waals surface area (Å²) in [7, 11) is 1.46. The highest BCUT2D eigenvalue weighted by Gasteiger charge is 2.20. The SMILES string of the molecule is COCCC(NC(=O)Cc1c[nH]c2cc(F)ccc12)C(=O)O. The number of rotatable bonds is 7. The summed E-state index contributed by atoms with van der Waals surface area (Å²) in [5, 5.41) is 12.3. The quantitative estimate of drug-likeness (QED) is 0.722. The van der Waals surface area contributed by atoms with Crippen molar-refractivity contribution in [3.8, 4) is 0 Å². The van der Waals surface area contributed by atoms with Crippen molar-refractivity contribution in [2.75, 3.05) is 13.7 Å². The number of benzene rings is 1. The van der Waals surface area contributed by atoms with E-state index in [-0.39, 0.29) is 25.3 Å². The highest BCUT2D eigenvalue weighted by Crippen LogP contribution is 2.19. The van der Waals surface area contributed by atoms with E-state index in [0.29, 0.717) is 11.1 Å². The van der Waals surface area contributed by atoms with Crippen LogP contribution in [0.3, 0.4) is 0 Å². The second kappa shape index (κ2) is 7.04. The molecule has 0 saturated heterocycles. The number of carbonyl (C=O) groups is 2. The van der Waals surface area contributed by atoms with E-state index in [1.54, 1.807) is 12.3 Å². The number of amides is 1. The fourth-order valence-corrected chi connectivity index (χ4v) is 2.22. The molecule has 0 aliphatic rings. The summed E-state index contributed by atoms with van der Waals surface area (Å²) in [6.07, 6.45) is 1.83. The van der Waals surface area contributed by atoms with Crippen LogP contribution in [0.2, 0.25) is 0 Å². The second-order valence-corrected chi connectivity index (χ2v) is 4.92. The average molecular weight is 308 g/mol. The van der Waals surface area contributed by atoms with Gasteiger partial charge in [-0.15, -0.1) is 0 Å². The van der Waals surface area contributed by atoms with Crippen LogP contribution in [0, 0.1) is 5.82 Å². The van der Waals surface area contributed by atoms with Crippen LogP contribution in [-0.2, 0) is 20.7 Å². The smallest absolute Gasteiger partial charge is 0.326 e. The highest BCUT2D eigenvalue weighted by molar-refractivity contribution is 5.90. The van der Waals surface area contributed by atoms with E-state index in [1.807, 2.05) is 0 Å². The summed E-state index contributed by atoms with van der Waals surface area (Å²) in [5.74, 6) is -1.88. The number of methoxy groups -OCH3 is 1. The first kappa shape index (κ1) is 16.0. The fourth-order valence-electron chi connectivity index (χ4n) is 2.22. The first-order valence-electron chi connectivity index (χ1n) is 6.78. The second-order valence-electron chi connectivity index (χ2n) is 4.92. The molecule has 118 valence electrons. The average Bonchev–Trinajstić information content (AvgIpc) is 2.85. The molecule has 0 fully saturated rings. The van der Waals surface area contributed by atoms with E-state index in [0.717, 1.165) is 5.39 Å². The number of carboxylic acid groups (broad SMARTS) is 1. The molecule has 6 nitrogen and oxygen atoms in total. The van der Waals surface area contributed by atoms with E-state index in [9.17, 15) is 14.0 Å². The molecule has 22 heavy (non-hydrogen) atoms. The van der Waals surface area contributed by atoms with Crippen molar-refractivity contribution < 1.29 is 23.8 Å². The van der Waals surface area contributed by atoms with E-state index in [1.165, 1.54) is 19.2 Å². The topological polar surface area (TPSA) is 91.4 Å². The zero-order chi connectivity index (χ0) is 16.1. The Bertz CT molecular complexity index is 683. The third kappa shape index (κ3) is 3.82. The molecule has 2 rings (SSSR count). The van der Waals surface area contributed by atoms with E-state index in [4.69, 9.17) is 9.84 Å². The summed E-state index contributed by atoms with van der Waals surface area (Å²) in [6.45, 7) is 0.240. The number of H-pyrrole nitrogens is 1. The summed E-state index contributed by atoms with van der Waals surface area (Å²) in [4.78, 5) is 26.0.